The van der Waals surface area contributed by atoms with Crippen molar-refractivity contribution in [3.63, 3.8) is 0 Å². The van der Waals surface area contributed by atoms with Gasteiger partial charge in [0.1, 0.15) is 0 Å². The Morgan fingerprint density at radius 3 is 2.44 bits per heavy atom. The fourth-order valence-corrected chi connectivity index (χ4v) is 1.06. The van der Waals surface area contributed by atoms with Gasteiger partial charge in [0.15, 0.2) is 5.37 Å². The molecule has 9 heavy (non-hydrogen) atoms. The topological polar surface area (TPSA) is 58.2 Å². The molecule has 0 radical (unpaired) electrons. The highest BCUT2D eigenvalue weighted by atomic mass is 32.2. The molecule has 50 valence electrons. The molecule has 5 heteroatoms. The molecule has 0 saturated carbocycles. The Labute approximate surface area is 56.4 Å². The Morgan fingerprint density at radius 1 is 1.56 bits per heavy atom. The fraction of sp³-hybridized carbons (Fsp3) is 0.500. The molecule has 1 saturated heterocycles. The van der Waals surface area contributed by atoms with E-state index < -0.39 is 11.4 Å². The minimum atomic E-state index is -0.403. The maximum absolute atomic E-state index is 10.6. The molecule has 0 aromatic rings. The van der Waals surface area contributed by atoms with Crippen molar-refractivity contribution in [2.24, 2.45) is 0 Å². The van der Waals surface area contributed by atoms with Crippen LogP contribution in [-0.4, -0.2) is 23.6 Å². The summed E-state index contributed by atoms with van der Waals surface area (Å²) >= 11 is 1.30. The van der Waals surface area contributed by atoms with Crippen molar-refractivity contribution in [2.45, 2.75) is 5.37 Å². The first-order valence-corrected chi connectivity index (χ1v) is 3.67. The highest BCUT2D eigenvalue weighted by Crippen LogP contribution is 2.05. The average Bonchev–Trinajstić information content (AvgIpc) is 2.10. The summed E-state index contributed by atoms with van der Waals surface area (Å²) in [6, 6.07) is -0.403. The second-order valence-electron chi connectivity index (χ2n) is 1.58. The number of hydrogen-bond donors (Lipinski definition) is 2. The standard InChI is InChI=1S/C4H6N2O2S/c1-9-3-2(7)5-4(8)6-3/h3H,1H3,(H2,5,6,7,8). The van der Waals surface area contributed by atoms with E-state index in [1.165, 1.54) is 11.8 Å². The lowest BCUT2D eigenvalue weighted by molar-refractivity contribution is -0.118. The Kier molecular flexibility index (Phi) is 1.61. The van der Waals surface area contributed by atoms with E-state index in [-0.39, 0.29) is 5.91 Å². The Bertz CT molecular complexity index is 159. The van der Waals surface area contributed by atoms with Crippen LogP contribution in [0.1, 0.15) is 0 Å². The SMILES string of the molecule is CSC1NC(=O)NC1=O. The fourth-order valence-electron chi connectivity index (χ4n) is 0.564. The minimum absolute atomic E-state index is 0.257. The third kappa shape index (κ3) is 1.16. The van der Waals surface area contributed by atoms with Crippen LogP contribution in [0.3, 0.4) is 0 Å². The molecule has 0 aliphatic carbocycles. The zero-order valence-electron chi connectivity index (χ0n) is 4.80. The van der Waals surface area contributed by atoms with Crippen LogP contribution in [0.15, 0.2) is 0 Å². The summed E-state index contributed by atoms with van der Waals surface area (Å²) in [5.41, 5.74) is 0. The van der Waals surface area contributed by atoms with Gasteiger partial charge in [0.2, 0.25) is 0 Å². The molecule has 1 unspecified atom stereocenters. The summed E-state index contributed by atoms with van der Waals surface area (Å²) in [5.74, 6) is -0.257. The monoisotopic (exact) mass is 146 g/mol. The number of carbonyl (C=O) groups excluding carboxylic acids is 2. The molecule has 0 aromatic carbocycles. The second kappa shape index (κ2) is 2.26. The first-order valence-electron chi connectivity index (χ1n) is 2.38. The predicted octanol–water partition coefficient (Wildman–Crippen LogP) is -0.485. The number of imide groups is 1. The van der Waals surface area contributed by atoms with Crippen molar-refractivity contribution in [3.8, 4) is 0 Å². The molecule has 0 aromatic heterocycles. The summed E-state index contributed by atoms with van der Waals surface area (Å²) in [4.78, 5) is 21.0. The Balaban J connectivity index is 2.58. The molecule has 1 aliphatic rings. The molecule has 1 rings (SSSR count). The van der Waals surface area contributed by atoms with Crippen LogP contribution in [0, 0.1) is 0 Å². The van der Waals surface area contributed by atoms with Crippen molar-refractivity contribution in [1.82, 2.24) is 10.6 Å². The van der Waals surface area contributed by atoms with Crippen molar-refractivity contribution in [1.29, 1.82) is 0 Å². The average molecular weight is 146 g/mol. The van der Waals surface area contributed by atoms with Crippen LogP contribution in [0.2, 0.25) is 0 Å². The maximum Gasteiger partial charge on any atom is 0.322 e. The normalized spacial score (nSPS) is 25.7. The highest BCUT2D eigenvalue weighted by molar-refractivity contribution is 7.99. The molecular weight excluding hydrogens is 140 g/mol. The van der Waals surface area contributed by atoms with Gasteiger partial charge in [0.25, 0.3) is 5.91 Å². The van der Waals surface area contributed by atoms with Gasteiger partial charge in [-0.05, 0) is 6.26 Å². The molecule has 2 N–H and O–H groups in total. The molecule has 1 fully saturated rings. The summed E-state index contributed by atoms with van der Waals surface area (Å²) in [7, 11) is 0. The first kappa shape index (κ1) is 6.41. The van der Waals surface area contributed by atoms with Crippen molar-refractivity contribution in [2.75, 3.05) is 6.26 Å². The number of thioether (sulfide) groups is 1. The largest absolute Gasteiger partial charge is 0.322 e. The number of nitrogens with one attached hydrogen (secondary N) is 2. The van der Waals surface area contributed by atoms with Gasteiger partial charge in [0, 0.05) is 0 Å². The van der Waals surface area contributed by atoms with Crippen LogP contribution < -0.4 is 10.6 Å². The third-order valence-electron chi connectivity index (χ3n) is 0.973. The second-order valence-corrected chi connectivity index (χ2v) is 2.52. The van der Waals surface area contributed by atoms with Crippen molar-refractivity contribution < 1.29 is 9.59 Å². The molecule has 0 spiro atoms. The highest BCUT2D eigenvalue weighted by Gasteiger charge is 2.27. The summed E-state index contributed by atoms with van der Waals surface area (Å²) in [5, 5.41) is 4.13. The van der Waals surface area contributed by atoms with E-state index in [2.05, 4.69) is 10.6 Å². The number of hydrogen-bond acceptors (Lipinski definition) is 3. The molecular formula is C4H6N2O2S. The zero-order valence-corrected chi connectivity index (χ0v) is 5.62. The maximum atomic E-state index is 10.6. The number of carbonyl (C=O) groups is 2. The van der Waals surface area contributed by atoms with Crippen LogP contribution >= 0.6 is 11.8 Å². The van der Waals surface area contributed by atoms with Gasteiger partial charge in [-0.15, -0.1) is 11.8 Å². The van der Waals surface area contributed by atoms with E-state index >= 15 is 0 Å². The number of amides is 3. The lowest BCUT2D eigenvalue weighted by atomic mass is 10.6. The number of rotatable bonds is 1. The van der Waals surface area contributed by atoms with Crippen LogP contribution in [-0.2, 0) is 4.79 Å². The zero-order chi connectivity index (χ0) is 6.85. The van der Waals surface area contributed by atoms with Crippen LogP contribution in [0.5, 0.6) is 0 Å². The number of urea groups is 1. The smallest absolute Gasteiger partial charge is 0.317 e. The summed E-state index contributed by atoms with van der Waals surface area (Å²) in [6.45, 7) is 0. The van der Waals surface area contributed by atoms with E-state index in [1.807, 2.05) is 0 Å². The van der Waals surface area contributed by atoms with E-state index in [1.54, 1.807) is 6.26 Å². The van der Waals surface area contributed by atoms with Crippen LogP contribution in [0.4, 0.5) is 4.79 Å². The first-order chi connectivity index (χ1) is 4.24. The lowest BCUT2D eigenvalue weighted by Gasteiger charge is -1.98. The van der Waals surface area contributed by atoms with Gasteiger partial charge in [0.05, 0.1) is 0 Å². The van der Waals surface area contributed by atoms with Gasteiger partial charge in [-0.3, -0.25) is 10.1 Å². The van der Waals surface area contributed by atoms with Crippen LogP contribution in [0.25, 0.3) is 0 Å². The molecule has 0 bridgehead atoms. The quantitative estimate of drug-likeness (QED) is 0.491. The Hall–Kier alpha value is -0.710. The summed E-state index contributed by atoms with van der Waals surface area (Å²) < 4.78 is 0. The van der Waals surface area contributed by atoms with E-state index in [4.69, 9.17) is 0 Å². The van der Waals surface area contributed by atoms with Gasteiger partial charge in [-0.2, -0.15) is 0 Å². The lowest BCUT2D eigenvalue weighted by Crippen LogP contribution is -2.24. The Morgan fingerprint density at radius 2 is 2.22 bits per heavy atom. The molecule has 1 heterocycles. The van der Waals surface area contributed by atoms with Gasteiger partial charge < -0.3 is 5.32 Å². The predicted molar refractivity (Wildman–Crippen MR) is 34.0 cm³/mol. The molecule has 1 aliphatic heterocycles. The van der Waals surface area contributed by atoms with Crippen molar-refractivity contribution >= 4 is 23.7 Å². The van der Waals surface area contributed by atoms with Gasteiger partial charge >= 0.3 is 6.03 Å². The molecule has 3 amide bonds. The van der Waals surface area contributed by atoms with Crippen molar-refractivity contribution in [3.05, 3.63) is 0 Å². The molecule has 4 nitrogen and oxygen atoms in total. The minimum Gasteiger partial charge on any atom is -0.317 e. The van der Waals surface area contributed by atoms with Gasteiger partial charge in [-0.1, -0.05) is 0 Å². The van der Waals surface area contributed by atoms with E-state index in [0.29, 0.717) is 0 Å². The van der Waals surface area contributed by atoms with E-state index in [9.17, 15) is 9.59 Å². The summed E-state index contributed by atoms with van der Waals surface area (Å²) in [6.07, 6.45) is 1.76. The van der Waals surface area contributed by atoms with Gasteiger partial charge in [-0.25, -0.2) is 4.79 Å². The van der Waals surface area contributed by atoms with E-state index in [0.717, 1.165) is 0 Å². The molecule has 1 atom stereocenters. The third-order valence-corrected chi connectivity index (χ3v) is 1.78.